The maximum atomic E-state index is 10.1. The molecule has 0 aromatic heterocycles. The summed E-state index contributed by atoms with van der Waals surface area (Å²) in [5, 5.41) is 13.5. The molecule has 122 valence electrons. The molecule has 2 N–H and O–H groups in total. The summed E-state index contributed by atoms with van der Waals surface area (Å²) in [4.78, 5) is 0. The number of nitrogens with zero attached hydrogens (tertiary/aromatic N) is 1. The van der Waals surface area contributed by atoms with E-state index in [1.165, 1.54) is 44.9 Å². The minimum atomic E-state index is -0.337. The summed E-state index contributed by atoms with van der Waals surface area (Å²) in [6.45, 7) is 8.75. The van der Waals surface area contributed by atoms with Crippen LogP contribution in [-0.4, -0.2) is 28.5 Å². The summed E-state index contributed by atoms with van der Waals surface area (Å²) in [5.74, 6) is 0. The van der Waals surface area contributed by atoms with Gasteiger partial charge in [0.05, 0.1) is 12.7 Å². The van der Waals surface area contributed by atoms with Crippen LogP contribution in [0.3, 0.4) is 0 Å². The fourth-order valence-corrected chi connectivity index (χ4v) is 3.34. The van der Waals surface area contributed by atoms with Crippen LogP contribution in [0.25, 0.3) is 0 Å². The van der Waals surface area contributed by atoms with E-state index in [0.717, 1.165) is 19.4 Å². The largest absolute Gasteiger partial charge is 0.345 e. The highest BCUT2D eigenvalue weighted by atomic mass is 16.3. The standard InChI is InChI=1S/C18H35N2O/c1-4-6-7-8-9-10-11-12-13-14-18-19-15-16-20(18,5-2)17(3)21/h4,15-19,21H,1,5-14H2,2-3H3/q+1. The van der Waals surface area contributed by atoms with Crippen molar-refractivity contribution in [2.45, 2.75) is 84.0 Å². The van der Waals surface area contributed by atoms with Crippen molar-refractivity contribution in [1.82, 2.24) is 5.32 Å². The van der Waals surface area contributed by atoms with Gasteiger partial charge in [0.2, 0.25) is 0 Å². The first-order valence-corrected chi connectivity index (χ1v) is 8.77. The van der Waals surface area contributed by atoms with Gasteiger partial charge in [-0.3, -0.25) is 4.48 Å². The van der Waals surface area contributed by atoms with Crippen LogP contribution < -0.4 is 5.32 Å². The maximum Gasteiger partial charge on any atom is 0.193 e. The van der Waals surface area contributed by atoms with Crippen molar-refractivity contribution in [3.8, 4) is 0 Å². The third kappa shape index (κ3) is 5.48. The number of rotatable bonds is 12. The SMILES string of the molecule is C=CCCCCCCCCCC1NC=C[N+]1(CC)C(C)O. The summed E-state index contributed by atoms with van der Waals surface area (Å²) < 4.78 is 0.668. The molecule has 3 unspecified atom stereocenters. The van der Waals surface area contributed by atoms with Crippen molar-refractivity contribution in [2.24, 2.45) is 0 Å². The summed E-state index contributed by atoms with van der Waals surface area (Å²) >= 11 is 0. The summed E-state index contributed by atoms with van der Waals surface area (Å²) in [6.07, 6.45) is 17.7. The normalized spacial score (nSPS) is 25.8. The average Bonchev–Trinajstić information content (AvgIpc) is 2.89. The van der Waals surface area contributed by atoms with Crippen LogP contribution in [0.5, 0.6) is 0 Å². The van der Waals surface area contributed by atoms with E-state index in [0.29, 0.717) is 10.6 Å². The summed E-state index contributed by atoms with van der Waals surface area (Å²) in [7, 11) is 0. The maximum absolute atomic E-state index is 10.1. The molecule has 21 heavy (non-hydrogen) atoms. The van der Waals surface area contributed by atoms with E-state index >= 15 is 0 Å². The molecule has 0 fully saturated rings. The van der Waals surface area contributed by atoms with E-state index in [4.69, 9.17) is 0 Å². The highest BCUT2D eigenvalue weighted by Gasteiger charge is 2.40. The molecule has 1 aliphatic rings. The third-order valence-electron chi connectivity index (χ3n) is 4.85. The predicted molar refractivity (Wildman–Crippen MR) is 90.3 cm³/mol. The van der Waals surface area contributed by atoms with Gasteiger partial charge in [-0.05, 0) is 26.2 Å². The Morgan fingerprint density at radius 1 is 1.19 bits per heavy atom. The number of allylic oxidation sites excluding steroid dienone is 1. The quantitative estimate of drug-likeness (QED) is 0.320. The van der Waals surface area contributed by atoms with Gasteiger partial charge in [0.15, 0.2) is 12.4 Å². The van der Waals surface area contributed by atoms with Gasteiger partial charge in [0, 0.05) is 13.3 Å². The molecular formula is C18H35N2O+. The van der Waals surface area contributed by atoms with Crippen molar-refractivity contribution in [3.05, 3.63) is 25.1 Å². The first-order chi connectivity index (χ1) is 10.2. The molecule has 0 spiro atoms. The van der Waals surface area contributed by atoms with Crippen LogP contribution >= 0.6 is 0 Å². The summed E-state index contributed by atoms with van der Waals surface area (Å²) in [5.41, 5.74) is 0. The lowest BCUT2D eigenvalue weighted by Gasteiger charge is -2.39. The van der Waals surface area contributed by atoms with E-state index < -0.39 is 0 Å². The lowest BCUT2D eigenvalue weighted by atomic mass is 10.1. The molecule has 0 aliphatic carbocycles. The Balaban J connectivity index is 2.11. The monoisotopic (exact) mass is 295 g/mol. The van der Waals surface area contributed by atoms with Crippen molar-refractivity contribution in [1.29, 1.82) is 0 Å². The molecule has 0 radical (unpaired) electrons. The van der Waals surface area contributed by atoms with E-state index in [1.807, 2.05) is 19.2 Å². The molecule has 0 aromatic rings. The Bertz CT molecular complexity index is 314. The van der Waals surface area contributed by atoms with Gasteiger partial charge in [-0.15, -0.1) is 6.58 Å². The molecule has 0 bridgehead atoms. The Labute approximate surface area is 131 Å². The van der Waals surface area contributed by atoms with Gasteiger partial charge in [-0.1, -0.05) is 38.2 Å². The molecule has 1 rings (SSSR count). The van der Waals surface area contributed by atoms with Crippen LogP contribution in [0.2, 0.25) is 0 Å². The van der Waals surface area contributed by atoms with Crippen LogP contribution in [0.1, 0.15) is 71.6 Å². The van der Waals surface area contributed by atoms with Gasteiger partial charge in [0.1, 0.15) is 6.20 Å². The number of unbranched alkanes of at least 4 members (excludes halogenated alkanes) is 7. The lowest BCUT2D eigenvalue weighted by molar-refractivity contribution is -0.942. The van der Waals surface area contributed by atoms with Crippen LogP contribution in [-0.2, 0) is 0 Å². The molecule has 3 atom stereocenters. The zero-order valence-corrected chi connectivity index (χ0v) is 14.1. The van der Waals surface area contributed by atoms with Crippen molar-refractivity contribution in [3.63, 3.8) is 0 Å². The number of quaternary nitrogens is 1. The molecule has 3 heteroatoms. The van der Waals surface area contributed by atoms with Gasteiger partial charge in [-0.25, -0.2) is 0 Å². The topological polar surface area (TPSA) is 32.3 Å². The zero-order chi connectivity index (χ0) is 15.6. The van der Waals surface area contributed by atoms with Crippen molar-refractivity contribution < 1.29 is 9.59 Å². The highest BCUT2D eigenvalue weighted by Crippen LogP contribution is 2.25. The fourth-order valence-electron chi connectivity index (χ4n) is 3.34. The zero-order valence-electron chi connectivity index (χ0n) is 14.1. The smallest absolute Gasteiger partial charge is 0.193 e. The van der Waals surface area contributed by atoms with Gasteiger partial charge in [-0.2, -0.15) is 0 Å². The number of aliphatic hydroxyl groups excluding tert-OH is 1. The van der Waals surface area contributed by atoms with Gasteiger partial charge < -0.3 is 10.4 Å². The third-order valence-corrected chi connectivity index (χ3v) is 4.85. The van der Waals surface area contributed by atoms with E-state index in [-0.39, 0.29) is 6.23 Å². The molecule has 1 aliphatic heterocycles. The van der Waals surface area contributed by atoms with Crippen molar-refractivity contribution in [2.75, 3.05) is 6.54 Å². The molecule has 0 aromatic carbocycles. The van der Waals surface area contributed by atoms with Crippen LogP contribution in [0, 0.1) is 0 Å². The molecule has 1 heterocycles. The first kappa shape index (κ1) is 18.2. The molecule has 0 amide bonds. The summed E-state index contributed by atoms with van der Waals surface area (Å²) in [6, 6.07) is 0. The minimum Gasteiger partial charge on any atom is -0.345 e. The van der Waals surface area contributed by atoms with Crippen LogP contribution in [0.15, 0.2) is 25.1 Å². The van der Waals surface area contributed by atoms with E-state index in [9.17, 15) is 5.11 Å². The Morgan fingerprint density at radius 3 is 2.38 bits per heavy atom. The van der Waals surface area contributed by atoms with Gasteiger partial charge >= 0.3 is 0 Å². The van der Waals surface area contributed by atoms with E-state index in [2.05, 4.69) is 25.0 Å². The second kappa shape index (κ2) is 10.0. The second-order valence-corrected chi connectivity index (χ2v) is 6.28. The van der Waals surface area contributed by atoms with E-state index in [1.54, 1.807) is 0 Å². The average molecular weight is 295 g/mol. The number of hydrogen-bond donors (Lipinski definition) is 2. The fraction of sp³-hybridized carbons (Fsp3) is 0.778. The molecule has 3 nitrogen and oxygen atoms in total. The molecule has 0 saturated heterocycles. The Kier molecular flexibility index (Phi) is 8.70. The highest BCUT2D eigenvalue weighted by molar-refractivity contribution is 4.84. The van der Waals surface area contributed by atoms with Crippen LogP contribution in [0.4, 0.5) is 0 Å². The lowest BCUT2D eigenvalue weighted by Crippen LogP contribution is -2.57. The second-order valence-electron chi connectivity index (χ2n) is 6.28. The Hall–Kier alpha value is -0.800. The first-order valence-electron chi connectivity index (χ1n) is 8.77. The Morgan fingerprint density at radius 2 is 1.81 bits per heavy atom. The molecular weight excluding hydrogens is 260 g/mol. The predicted octanol–water partition coefficient (Wildman–Crippen LogP) is 4.26. The number of hydrogen-bond acceptors (Lipinski definition) is 2. The van der Waals surface area contributed by atoms with Crippen molar-refractivity contribution >= 4 is 0 Å². The van der Waals surface area contributed by atoms with Gasteiger partial charge in [0.25, 0.3) is 0 Å². The number of aliphatic hydroxyl groups is 1. The number of nitrogens with one attached hydrogen (secondary N) is 1. The molecule has 0 saturated carbocycles. The minimum absolute atomic E-state index is 0.337.